The number of amides is 1. The minimum absolute atomic E-state index is 0.180. The number of ether oxygens (including phenoxy) is 2. The fourth-order valence-corrected chi connectivity index (χ4v) is 7.57. The molecule has 0 saturated carbocycles. The molecule has 9 nitrogen and oxygen atoms in total. The third-order valence-corrected chi connectivity index (χ3v) is 11.4. The number of allylic oxidation sites excluding steroid dienone is 1. The van der Waals surface area contributed by atoms with Gasteiger partial charge in [0, 0.05) is 6.42 Å². The average Bonchev–Trinajstić information content (AvgIpc) is 3.18. The van der Waals surface area contributed by atoms with Gasteiger partial charge < -0.3 is 40.3 Å². The van der Waals surface area contributed by atoms with E-state index in [1.54, 1.807) is 6.08 Å². The summed E-state index contributed by atoms with van der Waals surface area (Å²) in [6.45, 7) is 3.75. The molecule has 6 N–H and O–H groups in total. The number of hydrogen-bond acceptors (Lipinski definition) is 8. The van der Waals surface area contributed by atoms with Gasteiger partial charge >= 0.3 is 0 Å². The molecule has 1 rings (SSSR count). The molecule has 55 heavy (non-hydrogen) atoms. The third-order valence-electron chi connectivity index (χ3n) is 11.4. The number of aliphatic hydroxyl groups excluding tert-OH is 5. The molecule has 7 unspecified atom stereocenters. The van der Waals surface area contributed by atoms with Crippen LogP contribution in [-0.2, 0) is 14.3 Å². The zero-order valence-electron chi connectivity index (χ0n) is 35.7. The summed E-state index contributed by atoms with van der Waals surface area (Å²) >= 11 is 0. The topological polar surface area (TPSA) is 149 Å². The Labute approximate surface area is 337 Å². The first kappa shape index (κ1) is 51.9. The minimum Gasteiger partial charge on any atom is -0.394 e. The van der Waals surface area contributed by atoms with Gasteiger partial charge in [-0.15, -0.1) is 0 Å². The smallest absolute Gasteiger partial charge is 0.220 e. The molecule has 0 aromatic heterocycles. The second-order valence-corrected chi connectivity index (χ2v) is 16.6. The number of carbonyl (C=O) groups excluding carboxylic acids is 1. The molecular weight excluding hydrogens is 695 g/mol. The van der Waals surface area contributed by atoms with Crippen molar-refractivity contribution in [2.45, 2.75) is 262 Å². The zero-order valence-corrected chi connectivity index (χ0v) is 35.7. The molecule has 1 heterocycles. The van der Waals surface area contributed by atoms with Gasteiger partial charge in [0.2, 0.25) is 5.91 Å². The first-order valence-corrected chi connectivity index (χ1v) is 23.4. The normalized spacial score (nSPS) is 21.3. The Hall–Kier alpha value is -1.07. The highest BCUT2D eigenvalue weighted by molar-refractivity contribution is 5.76. The second-order valence-electron chi connectivity index (χ2n) is 16.6. The summed E-state index contributed by atoms with van der Waals surface area (Å²) in [6.07, 6.45) is 35.7. The molecule has 7 atom stereocenters. The van der Waals surface area contributed by atoms with Crippen molar-refractivity contribution < 1.29 is 39.8 Å². The number of nitrogens with one attached hydrogen (secondary N) is 1. The highest BCUT2D eigenvalue weighted by atomic mass is 16.7. The van der Waals surface area contributed by atoms with Crippen LogP contribution in [0.2, 0.25) is 0 Å². The van der Waals surface area contributed by atoms with Crippen LogP contribution in [0.5, 0.6) is 0 Å². The Morgan fingerprint density at radius 2 is 1.00 bits per heavy atom. The van der Waals surface area contributed by atoms with Gasteiger partial charge in [-0.25, -0.2) is 0 Å². The monoisotopic (exact) mass is 784 g/mol. The lowest BCUT2D eigenvalue weighted by molar-refractivity contribution is -0.302. The number of aliphatic hydroxyl groups is 5. The lowest BCUT2D eigenvalue weighted by atomic mass is 9.99. The first-order valence-electron chi connectivity index (χ1n) is 23.4. The van der Waals surface area contributed by atoms with Crippen LogP contribution in [0.1, 0.15) is 219 Å². The molecule has 0 aromatic rings. The molecule has 1 saturated heterocycles. The van der Waals surface area contributed by atoms with E-state index < -0.39 is 49.5 Å². The quantitative estimate of drug-likeness (QED) is 0.0267. The van der Waals surface area contributed by atoms with Crippen LogP contribution in [0.25, 0.3) is 0 Å². The van der Waals surface area contributed by atoms with E-state index in [1.165, 1.54) is 161 Å². The van der Waals surface area contributed by atoms with Crippen molar-refractivity contribution in [2.75, 3.05) is 13.2 Å². The summed E-state index contributed by atoms with van der Waals surface area (Å²) in [5.74, 6) is -0.180. The maximum absolute atomic E-state index is 12.8. The summed E-state index contributed by atoms with van der Waals surface area (Å²) in [6, 6.07) is -0.797. The van der Waals surface area contributed by atoms with E-state index in [0.717, 1.165) is 38.5 Å². The van der Waals surface area contributed by atoms with Crippen LogP contribution < -0.4 is 5.32 Å². The molecule has 326 valence electrons. The summed E-state index contributed by atoms with van der Waals surface area (Å²) in [5, 5.41) is 54.0. The molecule has 9 heteroatoms. The Balaban J connectivity index is 2.23. The molecule has 1 amide bonds. The van der Waals surface area contributed by atoms with E-state index in [0.29, 0.717) is 6.42 Å². The molecule has 1 aliphatic heterocycles. The molecule has 1 aliphatic rings. The van der Waals surface area contributed by atoms with Crippen molar-refractivity contribution in [1.82, 2.24) is 5.32 Å². The van der Waals surface area contributed by atoms with E-state index in [1.807, 2.05) is 6.08 Å². The standard InChI is InChI=1S/C46H89NO8/c1-3-5-7-9-11-13-14-15-16-17-18-19-20-21-22-23-24-25-26-27-28-29-31-33-35-40(49)39(47-42(50)36-34-32-30-12-10-8-6-4-2)38-54-46-45(53)44(52)43(51)41(37-48)55-46/h33,35,39-41,43-46,48-49,51-53H,3-32,34,36-38H2,1-2H3,(H,47,50)/b35-33+. The Morgan fingerprint density at radius 1 is 0.600 bits per heavy atom. The maximum atomic E-state index is 12.8. The minimum atomic E-state index is -1.56. The van der Waals surface area contributed by atoms with Crippen molar-refractivity contribution in [2.24, 2.45) is 0 Å². The third kappa shape index (κ3) is 28.1. The van der Waals surface area contributed by atoms with Crippen LogP contribution >= 0.6 is 0 Å². The van der Waals surface area contributed by atoms with E-state index in [9.17, 15) is 30.3 Å². The van der Waals surface area contributed by atoms with Crippen LogP contribution in [0.4, 0.5) is 0 Å². The number of rotatable bonds is 39. The second kappa shape index (κ2) is 37.2. The van der Waals surface area contributed by atoms with Gasteiger partial charge in [-0.05, 0) is 19.3 Å². The molecule has 0 aliphatic carbocycles. The number of hydrogen-bond donors (Lipinski definition) is 6. The predicted molar refractivity (Wildman–Crippen MR) is 226 cm³/mol. The van der Waals surface area contributed by atoms with Gasteiger partial charge in [0.25, 0.3) is 0 Å². The van der Waals surface area contributed by atoms with Crippen molar-refractivity contribution >= 4 is 5.91 Å². The fourth-order valence-electron chi connectivity index (χ4n) is 7.57. The Bertz CT molecular complexity index is 873. The fraction of sp³-hybridized carbons (Fsp3) is 0.935. The van der Waals surface area contributed by atoms with Gasteiger partial charge in [0.05, 0.1) is 25.4 Å². The zero-order chi connectivity index (χ0) is 40.2. The van der Waals surface area contributed by atoms with E-state index in [2.05, 4.69) is 19.2 Å². The molecular formula is C46H89NO8. The largest absolute Gasteiger partial charge is 0.394 e. The van der Waals surface area contributed by atoms with Gasteiger partial charge in [-0.2, -0.15) is 0 Å². The van der Waals surface area contributed by atoms with Gasteiger partial charge in [0.1, 0.15) is 24.4 Å². The van der Waals surface area contributed by atoms with E-state index in [4.69, 9.17) is 9.47 Å². The van der Waals surface area contributed by atoms with Crippen LogP contribution in [-0.4, -0.2) is 87.5 Å². The molecule has 0 radical (unpaired) electrons. The summed E-state index contributed by atoms with van der Waals surface area (Å²) < 4.78 is 11.2. The predicted octanol–water partition coefficient (Wildman–Crippen LogP) is 9.73. The number of carbonyl (C=O) groups is 1. The van der Waals surface area contributed by atoms with Crippen molar-refractivity contribution in [3.8, 4) is 0 Å². The highest BCUT2D eigenvalue weighted by Gasteiger charge is 2.44. The van der Waals surface area contributed by atoms with Crippen molar-refractivity contribution in [1.29, 1.82) is 0 Å². The maximum Gasteiger partial charge on any atom is 0.220 e. The Kier molecular flexibility index (Phi) is 35.2. The molecule has 1 fully saturated rings. The first-order chi connectivity index (χ1) is 26.8. The summed E-state index contributed by atoms with van der Waals surface area (Å²) in [4.78, 5) is 12.8. The van der Waals surface area contributed by atoms with Crippen molar-refractivity contribution in [3.63, 3.8) is 0 Å². The molecule has 0 spiro atoms. The lowest BCUT2D eigenvalue weighted by Crippen LogP contribution is -2.60. The Morgan fingerprint density at radius 3 is 1.42 bits per heavy atom. The van der Waals surface area contributed by atoms with Crippen LogP contribution in [0.15, 0.2) is 12.2 Å². The summed E-state index contributed by atoms with van der Waals surface area (Å²) in [5.41, 5.74) is 0. The van der Waals surface area contributed by atoms with Crippen molar-refractivity contribution in [3.05, 3.63) is 12.2 Å². The molecule has 0 bridgehead atoms. The van der Waals surface area contributed by atoms with Gasteiger partial charge in [-0.3, -0.25) is 4.79 Å². The van der Waals surface area contributed by atoms with Gasteiger partial charge in [0.15, 0.2) is 6.29 Å². The van der Waals surface area contributed by atoms with Crippen LogP contribution in [0, 0.1) is 0 Å². The SMILES string of the molecule is CCCCCCCCCCCCCCCCCCCCCCCC/C=C/C(O)C(COC1OC(CO)C(O)C(O)C1O)NC(=O)CCCCCCCCCC. The lowest BCUT2D eigenvalue weighted by Gasteiger charge is -2.40. The van der Waals surface area contributed by atoms with E-state index >= 15 is 0 Å². The summed E-state index contributed by atoms with van der Waals surface area (Å²) in [7, 11) is 0. The highest BCUT2D eigenvalue weighted by Crippen LogP contribution is 2.23. The average molecular weight is 784 g/mol. The van der Waals surface area contributed by atoms with E-state index in [-0.39, 0.29) is 12.5 Å². The van der Waals surface area contributed by atoms with Gasteiger partial charge in [-0.1, -0.05) is 206 Å². The number of unbranched alkanes of at least 4 members (excludes halogenated alkanes) is 29. The van der Waals surface area contributed by atoms with Crippen LogP contribution in [0.3, 0.4) is 0 Å². The molecule has 0 aromatic carbocycles.